The van der Waals surface area contributed by atoms with Crippen LogP contribution in [0.15, 0.2) is 107 Å². The largest absolute Gasteiger partial charge is 0.242 e. The van der Waals surface area contributed by atoms with Crippen molar-refractivity contribution in [3.63, 3.8) is 0 Å². The van der Waals surface area contributed by atoms with Gasteiger partial charge in [-0.3, -0.25) is 0 Å². The molecule has 0 aliphatic heterocycles. The molecular weight excluding hydrogens is 442 g/mol. The molecule has 4 heterocycles. The molecule has 0 fully saturated rings. The minimum absolute atomic E-state index is 0.928. The van der Waals surface area contributed by atoms with E-state index in [0.717, 1.165) is 43.1 Å². The van der Waals surface area contributed by atoms with E-state index >= 15 is 0 Å². The van der Waals surface area contributed by atoms with Gasteiger partial charge in [0.1, 0.15) is 14.9 Å². The first-order valence-electron chi connectivity index (χ1n) is 10.7. The van der Waals surface area contributed by atoms with Gasteiger partial charge in [-0.25, -0.2) is 15.0 Å². The fraction of sp³-hybridized carbons (Fsp3) is 0.0357. The molecule has 0 unspecified atom stereocenters. The maximum atomic E-state index is 4.99. The molecule has 0 spiro atoms. The van der Waals surface area contributed by atoms with Gasteiger partial charge in [0, 0.05) is 32.3 Å². The first kappa shape index (κ1) is 20.1. The second kappa shape index (κ2) is 8.43. The summed E-state index contributed by atoms with van der Waals surface area (Å²) in [5.74, 6) is 0. The van der Waals surface area contributed by atoms with Crippen molar-refractivity contribution >= 4 is 43.4 Å². The summed E-state index contributed by atoms with van der Waals surface area (Å²) in [5, 5.41) is 4.30. The Labute approximate surface area is 200 Å². The number of thiophene rings is 1. The van der Waals surface area contributed by atoms with Crippen LogP contribution in [0, 0.1) is 6.92 Å². The molecule has 33 heavy (non-hydrogen) atoms. The van der Waals surface area contributed by atoms with Crippen LogP contribution in [0.3, 0.4) is 0 Å². The van der Waals surface area contributed by atoms with Crippen molar-refractivity contribution in [2.24, 2.45) is 0 Å². The van der Waals surface area contributed by atoms with E-state index in [1.807, 2.05) is 43.3 Å². The summed E-state index contributed by atoms with van der Waals surface area (Å²) < 4.78 is 1.23. The van der Waals surface area contributed by atoms with Crippen molar-refractivity contribution in [3.8, 4) is 22.5 Å². The minimum Gasteiger partial charge on any atom is -0.242 e. The van der Waals surface area contributed by atoms with E-state index in [9.17, 15) is 0 Å². The van der Waals surface area contributed by atoms with Crippen LogP contribution in [-0.4, -0.2) is 15.0 Å². The molecule has 2 aromatic carbocycles. The standard InChI is InChI=1S/C28H19N3S2/c1-18-16-17-21-20-10-5-11-22(27(20)33-28(21)29-18)24-13-7-15-26(31-24)32-25-14-6-12-23(30-25)19-8-3-2-4-9-19/h2-17H,1H3. The van der Waals surface area contributed by atoms with Crippen LogP contribution < -0.4 is 0 Å². The average Bonchev–Trinajstić information content (AvgIpc) is 3.22. The van der Waals surface area contributed by atoms with E-state index in [2.05, 4.69) is 60.7 Å². The Bertz CT molecular complexity index is 1610. The molecular formula is C28H19N3S2. The van der Waals surface area contributed by atoms with Crippen LogP contribution >= 0.6 is 23.1 Å². The second-order valence-corrected chi connectivity index (χ2v) is 9.82. The third-order valence-corrected chi connectivity index (χ3v) is 7.53. The lowest BCUT2D eigenvalue weighted by Gasteiger charge is -2.07. The SMILES string of the molecule is Cc1ccc2c(n1)sc1c(-c3cccc(Sc4cccc(-c5ccccc5)n4)n3)cccc12. The maximum Gasteiger partial charge on any atom is 0.124 e. The molecule has 0 saturated carbocycles. The van der Waals surface area contributed by atoms with Gasteiger partial charge in [-0.2, -0.15) is 0 Å². The number of benzene rings is 2. The Kier molecular flexibility index (Phi) is 5.13. The fourth-order valence-corrected chi connectivity index (χ4v) is 5.98. The van der Waals surface area contributed by atoms with E-state index < -0.39 is 0 Å². The van der Waals surface area contributed by atoms with Crippen LogP contribution in [0.25, 0.3) is 42.8 Å². The Balaban J connectivity index is 1.38. The lowest BCUT2D eigenvalue weighted by molar-refractivity contribution is 1.10. The fourth-order valence-electron chi connectivity index (χ4n) is 3.94. The average molecular weight is 462 g/mol. The summed E-state index contributed by atoms with van der Waals surface area (Å²) in [6.45, 7) is 2.04. The van der Waals surface area contributed by atoms with Gasteiger partial charge < -0.3 is 0 Å². The molecule has 5 heteroatoms. The quantitative estimate of drug-likeness (QED) is 0.266. The van der Waals surface area contributed by atoms with Gasteiger partial charge in [-0.1, -0.05) is 72.4 Å². The van der Waals surface area contributed by atoms with Crippen LogP contribution in [-0.2, 0) is 0 Å². The number of pyridine rings is 3. The zero-order valence-corrected chi connectivity index (χ0v) is 19.5. The van der Waals surface area contributed by atoms with E-state index in [0.29, 0.717) is 0 Å². The Morgan fingerprint density at radius 2 is 1.33 bits per heavy atom. The molecule has 6 rings (SSSR count). The van der Waals surface area contributed by atoms with Crippen molar-refractivity contribution in [1.29, 1.82) is 0 Å². The van der Waals surface area contributed by atoms with Gasteiger partial charge in [0.2, 0.25) is 0 Å². The van der Waals surface area contributed by atoms with E-state index in [1.165, 1.54) is 15.5 Å². The topological polar surface area (TPSA) is 38.7 Å². The predicted molar refractivity (Wildman–Crippen MR) is 139 cm³/mol. The highest BCUT2D eigenvalue weighted by Gasteiger charge is 2.13. The smallest absolute Gasteiger partial charge is 0.124 e. The number of aryl methyl sites for hydroxylation is 1. The van der Waals surface area contributed by atoms with Crippen molar-refractivity contribution in [3.05, 3.63) is 103 Å². The van der Waals surface area contributed by atoms with Crippen molar-refractivity contribution in [1.82, 2.24) is 15.0 Å². The second-order valence-electron chi connectivity index (χ2n) is 7.78. The zero-order valence-electron chi connectivity index (χ0n) is 17.9. The molecule has 0 bridgehead atoms. The van der Waals surface area contributed by atoms with Crippen LogP contribution in [0.5, 0.6) is 0 Å². The number of rotatable bonds is 4. The number of hydrogen-bond donors (Lipinski definition) is 0. The Hall–Kier alpha value is -3.54. The molecule has 0 radical (unpaired) electrons. The van der Waals surface area contributed by atoms with Crippen LogP contribution in [0.2, 0.25) is 0 Å². The third kappa shape index (κ3) is 3.90. The van der Waals surface area contributed by atoms with Gasteiger partial charge in [0.15, 0.2) is 0 Å². The van der Waals surface area contributed by atoms with Gasteiger partial charge in [0.05, 0.1) is 11.4 Å². The van der Waals surface area contributed by atoms with Gasteiger partial charge in [-0.15, -0.1) is 11.3 Å². The highest BCUT2D eigenvalue weighted by molar-refractivity contribution is 7.99. The molecule has 158 valence electrons. The first-order chi connectivity index (χ1) is 16.2. The monoisotopic (exact) mass is 461 g/mol. The van der Waals surface area contributed by atoms with Crippen molar-refractivity contribution in [2.45, 2.75) is 17.0 Å². The molecule has 4 aromatic heterocycles. The number of aromatic nitrogens is 3. The Morgan fingerprint density at radius 1 is 0.606 bits per heavy atom. The normalized spacial score (nSPS) is 11.3. The predicted octanol–water partition coefficient (Wildman–Crippen LogP) is 8.03. The van der Waals surface area contributed by atoms with Gasteiger partial charge in [0.25, 0.3) is 0 Å². The first-order valence-corrected chi connectivity index (χ1v) is 12.3. The molecule has 0 amide bonds. The molecule has 0 aliphatic carbocycles. The lowest BCUT2D eigenvalue weighted by atomic mass is 10.1. The molecule has 0 saturated heterocycles. The van der Waals surface area contributed by atoms with Crippen molar-refractivity contribution < 1.29 is 0 Å². The zero-order chi connectivity index (χ0) is 22.2. The summed E-state index contributed by atoms with van der Waals surface area (Å²) >= 11 is 3.32. The van der Waals surface area contributed by atoms with Crippen molar-refractivity contribution in [2.75, 3.05) is 0 Å². The number of fused-ring (bicyclic) bond motifs is 3. The van der Waals surface area contributed by atoms with Gasteiger partial charge >= 0.3 is 0 Å². The molecule has 0 N–H and O–H groups in total. The minimum atomic E-state index is 0.928. The van der Waals surface area contributed by atoms with E-state index in [4.69, 9.17) is 15.0 Å². The molecule has 6 aromatic rings. The maximum absolute atomic E-state index is 4.99. The summed E-state index contributed by atoms with van der Waals surface area (Å²) in [6.07, 6.45) is 0. The lowest BCUT2D eigenvalue weighted by Crippen LogP contribution is -1.89. The number of hydrogen-bond acceptors (Lipinski definition) is 5. The molecule has 3 nitrogen and oxygen atoms in total. The van der Waals surface area contributed by atoms with E-state index in [1.54, 1.807) is 23.1 Å². The molecule has 0 atom stereocenters. The van der Waals surface area contributed by atoms with Gasteiger partial charge in [-0.05, 0) is 43.3 Å². The highest BCUT2D eigenvalue weighted by atomic mass is 32.2. The summed E-state index contributed by atoms with van der Waals surface area (Å²) in [6, 6.07) is 33.2. The number of nitrogens with zero attached hydrogens (tertiary/aromatic N) is 3. The third-order valence-electron chi connectivity index (χ3n) is 5.51. The Morgan fingerprint density at radius 3 is 2.15 bits per heavy atom. The highest BCUT2D eigenvalue weighted by Crippen LogP contribution is 2.39. The summed E-state index contributed by atoms with van der Waals surface area (Å²) in [7, 11) is 0. The van der Waals surface area contributed by atoms with Crippen LogP contribution in [0.1, 0.15) is 5.69 Å². The van der Waals surface area contributed by atoms with E-state index in [-0.39, 0.29) is 0 Å². The summed E-state index contributed by atoms with van der Waals surface area (Å²) in [5.41, 5.74) is 5.23. The van der Waals surface area contributed by atoms with Crippen LogP contribution in [0.4, 0.5) is 0 Å². The molecule has 0 aliphatic rings. The summed E-state index contributed by atoms with van der Waals surface area (Å²) in [4.78, 5) is 15.6.